The van der Waals surface area contributed by atoms with Crippen LogP contribution < -0.4 is 0 Å². The van der Waals surface area contributed by atoms with Gasteiger partial charge >= 0.3 is 0 Å². The highest BCUT2D eigenvalue weighted by molar-refractivity contribution is 5.92. The first kappa shape index (κ1) is 20.0. The number of nitrogens with zero attached hydrogens (tertiary/aromatic N) is 3. The van der Waals surface area contributed by atoms with Crippen molar-refractivity contribution < 1.29 is 0 Å². The third-order valence-corrected chi connectivity index (χ3v) is 6.01. The lowest BCUT2D eigenvalue weighted by Crippen LogP contribution is -1.97. The highest BCUT2D eigenvalue weighted by atomic mass is 14.8. The summed E-state index contributed by atoms with van der Waals surface area (Å²) in [6.07, 6.45) is 3.63. The lowest BCUT2D eigenvalue weighted by molar-refractivity contribution is 1.29. The molecule has 0 fully saturated rings. The average molecular weight is 436 g/mol. The van der Waals surface area contributed by atoms with Gasteiger partial charge in [0, 0.05) is 23.5 Å². The summed E-state index contributed by atoms with van der Waals surface area (Å²) in [7, 11) is 0. The van der Waals surface area contributed by atoms with Crippen LogP contribution in [-0.4, -0.2) is 15.0 Å². The van der Waals surface area contributed by atoms with Gasteiger partial charge in [0.25, 0.3) is 0 Å². The minimum atomic E-state index is 0.878. The average Bonchev–Trinajstić information content (AvgIpc) is 2.93. The highest BCUT2D eigenvalue weighted by Gasteiger charge is 2.17. The Hall–Kier alpha value is -4.63. The van der Waals surface area contributed by atoms with Gasteiger partial charge in [-0.2, -0.15) is 0 Å². The molecule has 2 aromatic heterocycles. The normalized spacial score (nSPS) is 10.9. The molecule has 0 N–H and O–H groups in total. The molecule has 0 atom stereocenters. The fraction of sp³-hybridized carbons (Fsp3) is 0. The van der Waals surface area contributed by atoms with Gasteiger partial charge in [-0.15, -0.1) is 0 Å². The molecule has 0 saturated heterocycles. The van der Waals surface area contributed by atoms with Gasteiger partial charge in [0.2, 0.25) is 0 Å². The molecular formula is C31H21N3. The van der Waals surface area contributed by atoms with Crippen molar-refractivity contribution in [1.82, 2.24) is 15.0 Å². The van der Waals surface area contributed by atoms with Crippen LogP contribution in [0.15, 0.2) is 128 Å². The minimum absolute atomic E-state index is 0.878. The van der Waals surface area contributed by atoms with Crippen molar-refractivity contribution in [2.45, 2.75) is 0 Å². The van der Waals surface area contributed by atoms with E-state index in [0.29, 0.717) is 0 Å². The maximum Gasteiger partial charge on any atom is 0.0979 e. The van der Waals surface area contributed by atoms with E-state index in [4.69, 9.17) is 9.97 Å². The quantitative estimate of drug-likeness (QED) is 0.285. The van der Waals surface area contributed by atoms with Crippen molar-refractivity contribution in [3.63, 3.8) is 0 Å². The molecule has 3 heteroatoms. The molecular weight excluding hydrogens is 414 g/mol. The third-order valence-electron chi connectivity index (χ3n) is 6.01. The van der Waals surface area contributed by atoms with Crippen LogP contribution in [-0.2, 0) is 0 Å². The number of rotatable bonds is 4. The van der Waals surface area contributed by atoms with Gasteiger partial charge in [-0.25, -0.2) is 9.97 Å². The van der Waals surface area contributed by atoms with Crippen LogP contribution in [0.1, 0.15) is 0 Å². The van der Waals surface area contributed by atoms with Crippen LogP contribution in [0.4, 0.5) is 0 Å². The fourth-order valence-corrected chi connectivity index (χ4v) is 4.31. The summed E-state index contributed by atoms with van der Waals surface area (Å²) >= 11 is 0. The van der Waals surface area contributed by atoms with Gasteiger partial charge in [-0.1, -0.05) is 91.0 Å². The maximum atomic E-state index is 5.12. The second-order valence-electron chi connectivity index (χ2n) is 8.13. The van der Waals surface area contributed by atoms with E-state index < -0.39 is 0 Å². The molecule has 0 bridgehead atoms. The van der Waals surface area contributed by atoms with Crippen LogP contribution in [0, 0.1) is 0 Å². The Balaban J connectivity index is 1.56. The molecule has 0 amide bonds. The van der Waals surface area contributed by atoms with Gasteiger partial charge in [-0.05, 0) is 46.5 Å². The van der Waals surface area contributed by atoms with E-state index in [0.717, 1.165) is 55.8 Å². The number of fused-ring (bicyclic) bond motifs is 1. The smallest absolute Gasteiger partial charge is 0.0979 e. The predicted molar refractivity (Wildman–Crippen MR) is 139 cm³/mol. The highest BCUT2D eigenvalue weighted by Crippen LogP contribution is 2.37. The molecule has 160 valence electrons. The molecule has 34 heavy (non-hydrogen) atoms. The second kappa shape index (κ2) is 8.72. The van der Waals surface area contributed by atoms with Crippen LogP contribution in [0.25, 0.3) is 55.8 Å². The predicted octanol–water partition coefficient (Wildman–Crippen LogP) is 7.69. The van der Waals surface area contributed by atoms with Crippen molar-refractivity contribution in [3.8, 4) is 44.8 Å². The van der Waals surface area contributed by atoms with E-state index >= 15 is 0 Å². The Bertz CT molecular complexity index is 1570. The van der Waals surface area contributed by atoms with E-state index in [1.165, 1.54) is 0 Å². The SMILES string of the molecule is c1ccc(-c2ccccc2-c2nc3ccccc3nc2-c2ccc(-c3ccncc3)cc2)cc1. The van der Waals surface area contributed by atoms with E-state index in [-0.39, 0.29) is 0 Å². The first-order chi connectivity index (χ1) is 16.9. The number of hydrogen-bond acceptors (Lipinski definition) is 3. The molecule has 6 aromatic rings. The van der Waals surface area contributed by atoms with Crippen molar-refractivity contribution in [2.75, 3.05) is 0 Å². The molecule has 0 aliphatic carbocycles. The van der Waals surface area contributed by atoms with E-state index in [1.54, 1.807) is 0 Å². The second-order valence-corrected chi connectivity index (χ2v) is 8.13. The number of para-hydroxylation sites is 2. The van der Waals surface area contributed by atoms with Crippen molar-refractivity contribution in [1.29, 1.82) is 0 Å². The summed E-state index contributed by atoms with van der Waals surface area (Å²) in [6, 6.07) is 39.5. The van der Waals surface area contributed by atoms with Crippen LogP contribution in [0.3, 0.4) is 0 Å². The number of pyridine rings is 1. The lowest BCUT2D eigenvalue weighted by Gasteiger charge is -2.14. The Morgan fingerprint density at radius 3 is 1.59 bits per heavy atom. The Morgan fingerprint density at radius 2 is 0.882 bits per heavy atom. The lowest BCUT2D eigenvalue weighted by atomic mass is 9.94. The van der Waals surface area contributed by atoms with E-state index in [9.17, 15) is 0 Å². The van der Waals surface area contributed by atoms with E-state index in [1.807, 2.05) is 54.9 Å². The molecule has 2 heterocycles. The largest absolute Gasteiger partial charge is 0.265 e. The molecule has 0 radical (unpaired) electrons. The Labute approximate surface area is 198 Å². The summed E-state index contributed by atoms with van der Waals surface area (Å²) in [4.78, 5) is 14.3. The summed E-state index contributed by atoms with van der Waals surface area (Å²) < 4.78 is 0. The fourth-order valence-electron chi connectivity index (χ4n) is 4.31. The summed E-state index contributed by atoms with van der Waals surface area (Å²) in [6.45, 7) is 0. The van der Waals surface area contributed by atoms with Crippen LogP contribution in [0.5, 0.6) is 0 Å². The zero-order valence-electron chi connectivity index (χ0n) is 18.5. The molecule has 0 unspecified atom stereocenters. The van der Waals surface area contributed by atoms with Crippen molar-refractivity contribution in [3.05, 3.63) is 128 Å². The minimum Gasteiger partial charge on any atom is -0.265 e. The topological polar surface area (TPSA) is 38.7 Å². The van der Waals surface area contributed by atoms with Gasteiger partial charge in [-0.3, -0.25) is 4.98 Å². The first-order valence-electron chi connectivity index (χ1n) is 11.3. The first-order valence-corrected chi connectivity index (χ1v) is 11.3. The number of benzene rings is 4. The van der Waals surface area contributed by atoms with Crippen LogP contribution in [0.2, 0.25) is 0 Å². The summed E-state index contributed by atoms with van der Waals surface area (Å²) in [5.41, 5.74) is 10.2. The van der Waals surface area contributed by atoms with Gasteiger partial charge in [0.15, 0.2) is 0 Å². The summed E-state index contributed by atoms with van der Waals surface area (Å²) in [5.74, 6) is 0. The molecule has 3 nitrogen and oxygen atoms in total. The van der Waals surface area contributed by atoms with Gasteiger partial charge in [0.05, 0.1) is 22.4 Å². The van der Waals surface area contributed by atoms with E-state index in [2.05, 4.69) is 77.8 Å². The zero-order chi connectivity index (χ0) is 22.7. The standard InChI is InChI=1S/C31H21N3/c1-2-8-24(9-3-1)26-10-4-5-11-27(26)31-30(33-28-12-6-7-13-29(28)34-31)25-16-14-22(15-17-25)23-18-20-32-21-19-23/h1-21H. The molecule has 0 spiro atoms. The number of hydrogen-bond donors (Lipinski definition) is 0. The molecule has 4 aromatic carbocycles. The molecule has 0 aliphatic rings. The maximum absolute atomic E-state index is 5.12. The molecule has 0 aliphatic heterocycles. The van der Waals surface area contributed by atoms with Crippen LogP contribution >= 0.6 is 0 Å². The molecule has 0 saturated carbocycles. The van der Waals surface area contributed by atoms with Gasteiger partial charge < -0.3 is 0 Å². The number of aromatic nitrogens is 3. The molecule has 6 rings (SSSR count). The zero-order valence-corrected chi connectivity index (χ0v) is 18.5. The Morgan fingerprint density at radius 1 is 0.353 bits per heavy atom. The monoisotopic (exact) mass is 435 g/mol. The van der Waals surface area contributed by atoms with Gasteiger partial charge in [0.1, 0.15) is 0 Å². The Kier molecular flexibility index (Phi) is 5.13. The third kappa shape index (κ3) is 3.74. The van der Waals surface area contributed by atoms with Crippen molar-refractivity contribution in [2.24, 2.45) is 0 Å². The van der Waals surface area contributed by atoms with Crippen molar-refractivity contribution >= 4 is 11.0 Å². The summed E-state index contributed by atoms with van der Waals surface area (Å²) in [5, 5.41) is 0.